The van der Waals surface area contributed by atoms with Gasteiger partial charge in [0.15, 0.2) is 5.78 Å². The maximum Gasteiger partial charge on any atom is 0.173 e. The quantitative estimate of drug-likeness (QED) is 0.816. The highest BCUT2D eigenvalue weighted by Gasteiger charge is 2.18. The molecule has 0 amide bonds. The van der Waals surface area contributed by atoms with Gasteiger partial charge in [0.1, 0.15) is 5.82 Å². The minimum absolute atomic E-state index is 0.0480. The molecule has 2 aromatic heterocycles. The topological polar surface area (TPSA) is 80.9 Å². The van der Waals surface area contributed by atoms with Crippen LogP contribution in [0, 0.1) is 6.92 Å². The van der Waals surface area contributed by atoms with E-state index >= 15 is 0 Å². The molecule has 2 heterocycles. The smallest absolute Gasteiger partial charge is 0.173 e. The summed E-state index contributed by atoms with van der Waals surface area (Å²) in [6.45, 7) is 5.94. The summed E-state index contributed by atoms with van der Waals surface area (Å²) in [6, 6.07) is 1.72. The summed E-state index contributed by atoms with van der Waals surface area (Å²) in [5.41, 5.74) is 0.638. The number of hydrogen-bond acceptors (Lipinski definition) is 5. The molecule has 2 rings (SSSR count). The number of nitrogens with zero attached hydrogens (tertiary/aromatic N) is 4. The average Bonchev–Trinajstić information content (AvgIpc) is 2.78. The van der Waals surface area contributed by atoms with Crippen molar-refractivity contribution >= 4 is 5.78 Å². The van der Waals surface area contributed by atoms with Gasteiger partial charge in [0.25, 0.3) is 0 Å². The van der Waals surface area contributed by atoms with Crippen LogP contribution in [0.4, 0.5) is 0 Å². The summed E-state index contributed by atoms with van der Waals surface area (Å²) in [6.07, 6.45) is 5.55. The van der Waals surface area contributed by atoms with Gasteiger partial charge in [-0.2, -0.15) is 5.10 Å². The van der Waals surface area contributed by atoms with E-state index in [1.54, 1.807) is 43.2 Å². The first kappa shape index (κ1) is 15.3. The highest BCUT2D eigenvalue weighted by molar-refractivity contribution is 5.97. The van der Waals surface area contributed by atoms with Crippen molar-refractivity contribution < 1.29 is 9.90 Å². The normalized spacial score (nSPS) is 11.6. The van der Waals surface area contributed by atoms with Crippen molar-refractivity contribution in [2.45, 2.75) is 45.8 Å². The van der Waals surface area contributed by atoms with Gasteiger partial charge in [-0.05, 0) is 33.3 Å². The van der Waals surface area contributed by atoms with Gasteiger partial charge in [-0.15, -0.1) is 0 Å². The first-order valence-electron chi connectivity index (χ1n) is 6.91. The van der Waals surface area contributed by atoms with Crippen LogP contribution in [-0.2, 0) is 13.0 Å². The predicted molar refractivity (Wildman–Crippen MR) is 77.9 cm³/mol. The fourth-order valence-electron chi connectivity index (χ4n) is 1.99. The zero-order valence-electron chi connectivity index (χ0n) is 12.6. The van der Waals surface area contributed by atoms with Crippen LogP contribution >= 0.6 is 0 Å². The Hall–Kier alpha value is -2.08. The van der Waals surface area contributed by atoms with Gasteiger partial charge < -0.3 is 5.11 Å². The zero-order valence-corrected chi connectivity index (χ0v) is 12.6. The SMILES string of the molecule is Cc1c(C(=O)Cc2ncccn2)cnn1CCC(C)(C)O. The van der Waals surface area contributed by atoms with Crippen molar-refractivity contribution in [1.82, 2.24) is 19.7 Å². The second-order valence-corrected chi connectivity index (χ2v) is 5.69. The number of rotatable bonds is 6. The van der Waals surface area contributed by atoms with Crippen LogP contribution in [0.25, 0.3) is 0 Å². The number of aliphatic hydroxyl groups is 1. The lowest BCUT2D eigenvalue weighted by atomic mass is 10.1. The van der Waals surface area contributed by atoms with Crippen LogP contribution in [0.2, 0.25) is 0 Å². The fourth-order valence-corrected chi connectivity index (χ4v) is 1.99. The highest BCUT2D eigenvalue weighted by Crippen LogP contribution is 2.14. The molecule has 0 radical (unpaired) electrons. The van der Waals surface area contributed by atoms with E-state index in [0.717, 1.165) is 5.69 Å². The van der Waals surface area contributed by atoms with Crippen molar-refractivity contribution in [3.05, 3.63) is 41.7 Å². The maximum absolute atomic E-state index is 12.3. The first-order chi connectivity index (χ1) is 9.87. The molecular weight excluding hydrogens is 268 g/mol. The van der Waals surface area contributed by atoms with Gasteiger partial charge in [-0.25, -0.2) is 9.97 Å². The largest absolute Gasteiger partial charge is 0.390 e. The molecule has 0 unspecified atom stereocenters. The molecule has 2 aromatic rings. The number of Topliss-reactive ketones (excluding diaryl/α,β-unsaturated/α-hetero) is 1. The molecule has 1 N–H and O–H groups in total. The van der Waals surface area contributed by atoms with Gasteiger partial charge in [0.05, 0.1) is 23.8 Å². The predicted octanol–water partition coefficient (Wildman–Crippen LogP) is 1.57. The Morgan fingerprint density at radius 1 is 1.33 bits per heavy atom. The Morgan fingerprint density at radius 3 is 2.62 bits per heavy atom. The molecule has 6 heteroatoms. The number of aromatic nitrogens is 4. The Bertz CT molecular complexity index is 614. The number of ketones is 1. The van der Waals surface area contributed by atoms with E-state index in [9.17, 15) is 9.90 Å². The van der Waals surface area contributed by atoms with E-state index in [0.29, 0.717) is 24.4 Å². The molecule has 0 saturated heterocycles. The molecule has 0 atom stereocenters. The van der Waals surface area contributed by atoms with Crippen LogP contribution in [0.3, 0.4) is 0 Å². The van der Waals surface area contributed by atoms with E-state index < -0.39 is 5.60 Å². The first-order valence-corrected chi connectivity index (χ1v) is 6.91. The molecule has 0 aromatic carbocycles. The molecule has 0 saturated carbocycles. The Morgan fingerprint density at radius 2 is 2.00 bits per heavy atom. The molecule has 0 aliphatic heterocycles. The molecule has 112 valence electrons. The van der Waals surface area contributed by atoms with E-state index in [2.05, 4.69) is 15.1 Å². The van der Waals surface area contributed by atoms with Crippen molar-refractivity contribution in [3.8, 4) is 0 Å². The summed E-state index contributed by atoms with van der Waals surface area (Å²) < 4.78 is 1.75. The Labute approximate surface area is 123 Å². The van der Waals surface area contributed by atoms with Crippen LogP contribution in [-0.4, -0.2) is 36.2 Å². The number of carbonyl (C=O) groups excluding carboxylic acids is 1. The molecule has 6 nitrogen and oxygen atoms in total. The van der Waals surface area contributed by atoms with E-state index in [1.807, 2.05) is 6.92 Å². The minimum atomic E-state index is -0.750. The monoisotopic (exact) mass is 288 g/mol. The van der Waals surface area contributed by atoms with Gasteiger partial charge >= 0.3 is 0 Å². The van der Waals surface area contributed by atoms with E-state index in [4.69, 9.17) is 0 Å². The summed E-state index contributed by atoms with van der Waals surface area (Å²) in [4.78, 5) is 20.4. The van der Waals surface area contributed by atoms with Crippen molar-refractivity contribution in [1.29, 1.82) is 0 Å². The fraction of sp³-hybridized carbons (Fsp3) is 0.467. The Kier molecular flexibility index (Phi) is 4.47. The molecular formula is C15H20N4O2. The second-order valence-electron chi connectivity index (χ2n) is 5.69. The average molecular weight is 288 g/mol. The number of aryl methyl sites for hydroxylation is 1. The lowest BCUT2D eigenvalue weighted by Gasteiger charge is -2.17. The summed E-state index contributed by atoms with van der Waals surface area (Å²) >= 11 is 0. The van der Waals surface area contributed by atoms with Gasteiger partial charge in [-0.1, -0.05) is 0 Å². The summed E-state index contributed by atoms with van der Waals surface area (Å²) in [7, 11) is 0. The molecule has 0 aliphatic rings. The summed E-state index contributed by atoms with van der Waals surface area (Å²) in [5.74, 6) is 0.458. The highest BCUT2D eigenvalue weighted by atomic mass is 16.3. The Balaban J connectivity index is 2.07. The van der Waals surface area contributed by atoms with Crippen LogP contribution < -0.4 is 0 Å². The molecule has 21 heavy (non-hydrogen) atoms. The van der Waals surface area contributed by atoms with Gasteiger partial charge in [-0.3, -0.25) is 9.48 Å². The minimum Gasteiger partial charge on any atom is -0.390 e. The van der Waals surface area contributed by atoms with Crippen molar-refractivity contribution in [2.24, 2.45) is 0 Å². The number of carbonyl (C=O) groups is 1. The lowest BCUT2D eigenvalue weighted by Crippen LogP contribution is -2.22. The van der Waals surface area contributed by atoms with E-state index in [1.165, 1.54) is 0 Å². The van der Waals surface area contributed by atoms with Crippen LogP contribution in [0.15, 0.2) is 24.7 Å². The third-order valence-electron chi connectivity index (χ3n) is 3.28. The molecule has 0 fully saturated rings. The van der Waals surface area contributed by atoms with Crippen molar-refractivity contribution in [2.75, 3.05) is 0 Å². The second kappa shape index (κ2) is 6.13. The van der Waals surface area contributed by atoms with E-state index in [-0.39, 0.29) is 12.2 Å². The third-order valence-corrected chi connectivity index (χ3v) is 3.28. The van der Waals surface area contributed by atoms with Crippen molar-refractivity contribution in [3.63, 3.8) is 0 Å². The van der Waals surface area contributed by atoms with Gasteiger partial charge in [0, 0.05) is 24.6 Å². The molecule has 0 bridgehead atoms. The zero-order chi connectivity index (χ0) is 15.5. The lowest BCUT2D eigenvalue weighted by molar-refractivity contribution is 0.0649. The standard InChI is InChI=1S/C15H20N4O2/c1-11-12(10-18-19(11)8-5-15(2,3)21)13(20)9-14-16-6-4-7-17-14/h4,6-7,10,21H,5,8-9H2,1-3H3. The number of hydrogen-bond donors (Lipinski definition) is 1. The molecule has 0 spiro atoms. The van der Waals surface area contributed by atoms with Crippen LogP contribution in [0.1, 0.15) is 42.1 Å². The molecule has 0 aliphatic carbocycles. The maximum atomic E-state index is 12.3. The summed E-state index contributed by atoms with van der Waals surface area (Å²) in [5, 5.41) is 14.0. The third kappa shape index (κ3) is 4.19. The van der Waals surface area contributed by atoms with Crippen LogP contribution in [0.5, 0.6) is 0 Å². The van der Waals surface area contributed by atoms with Gasteiger partial charge in [0.2, 0.25) is 0 Å².